The maximum Gasteiger partial charge on any atom is 0.409 e. The molecule has 7 heteroatoms. The van der Waals surface area contributed by atoms with Crippen LogP contribution in [0.25, 0.3) is 0 Å². The number of β-amino-alcohol motifs (C(OH)–C–C–N with tert-alkyl or cyclic N) is 1. The minimum Gasteiger partial charge on any atom is -0.450 e. The minimum atomic E-state index is -0.350. The first-order valence-electron chi connectivity index (χ1n) is 7.81. The quantitative estimate of drug-likeness (QED) is 0.735. The number of ether oxygens (including phenoxy) is 2. The second-order valence-corrected chi connectivity index (χ2v) is 5.55. The molecule has 0 aromatic carbocycles. The van der Waals surface area contributed by atoms with E-state index < -0.39 is 0 Å². The summed E-state index contributed by atoms with van der Waals surface area (Å²) in [4.78, 5) is 17.8. The van der Waals surface area contributed by atoms with Crippen molar-refractivity contribution in [3.8, 4) is 0 Å². The smallest absolute Gasteiger partial charge is 0.409 e. The van der Waals surface area contributed by atoms with E-state index in [0.29, 0.717) is 32.8 Å². The fourth-order valence-corrected chi connectivity index (χ4v) is 2.77. The normalized spacial score (nSPS) is 23.0. The van der Waals surface area contributed by atoms with E-state index in [2.05, 4.69) is 9.80 Å². The Hall–Kier alpha value is -0.890. The van der Waals surface area contributed by atoms with E-state index in [9.17, 15) is 9.90 Å². The van der Waals surface area contributed by atoms with E-state index >= 15 is 0 Å². The molecule has 7 nitrogen and oxygen atoms in total. The average Bonchev–Trinajstić information content (AvgIpc) is 2.49. The van der Waals surface area contributed by atoms with Crippen LogP contribution in [0.1, 0.15) is 6.92 Å². The molecule has 2 aliphatic heterocycles. The van der Waals surface area contributed by atoms with Gasteiger partial charge in [0.2, 0.25) is 0 Å². The lowest BCUT2D eigenvalue weighted by molar-refractivity contribution is 0.00242. The molecule has 21 heavy (non-hydrogen) atoms. The molecule has 0 aromatic rings. The summed E-state index contributed by atoms with van der Waals surface area (Å²) in [5.41, 5.74) is 0. The summed E-state index contributed by atoms with van der Waals surface area (Å²) in [6.45, 7) is 9.81. The number of carbonyl (C=O) groups is 1. The van der Waals surface area contributed by atoms with Crippen LogP contribution in [0, 0.1) is 0 Å². The molecule has 2 saturated heterocycles. The lowest BCUT2D eigenvalue weighted by Crippen LogP contribution is -2.52. The fourth-order valence-electron chi connectivity index (χ4n) is 2.77. The van der Waals surface area contributed by atoms with E-state index in [0.717, 1.165) is 39.4 Å². The SMILES string of the molecule is CCOC(=O)N1CCN(C[C@H](O)CN2CCOCC2)CC1. The standard InChI is InChI=1S/C14H27N3O4/c1-2-21-14(19)17-5-3-15(4-6-17)11-13(18)12-16-7-9-20-10-8-16/h13,18H,2-12H2,1H3/t13-/m0/s1. The van der Waals surface area contributed by atoms with Gasteiger partial charge >= 0.3 is 6.09 Å². The second kappa shape index (κ2) is 8.53. The molecule has 0 unspecified atom stereocenters. The van der Waals surface area contributed by atoms with Crippen LogP contribution in [0.4, 0.5) is 4.79 Å². The number of piperazine rings is 1. The largest absolute Gasteiger partial charge is 0.450 e. The zero-order valence-electron chi connectivity index (χ0n) is 12.9. The Balaban J connectivity index is 1.64. The highest BCUT2D eigenvalue weighted by atomic mass is 16.6. The number of carbonyl (C=O) groups excluding carboxylic acids is 1. The van der Waals surface area contributed by atoms with Gasteiger partial charge in [-0.25, -0.2) is 4.79 Å². The minimum absolute atomic E-state index is 0.231. The summed E-state index contributed by atoms with van der Waals surface area (Å²) in [6, 6.07) is 0. The lowest BCUT2D eigenvalue weighted by Gasteiger charge is -2.36. The molecule has 0 saturated carbocycles. The van der Waals surface area contributed by atoms with Gasteiger partial charge in [0, 0.05) is 52.4 Å². The van der Waals surface area contributed by atoms with Crippen molar-refractivity contribution in [2.45, 2.75) is 13.0 Å². The number of aliphatic hydroxyl groups is 1. The fraction of sp³-hybridized carbons (Fsp3) is 0.929. The average molecular weight is 301 g/mol. The molecule has 0 aromatic heterocycles. The molecular weight excluding hydrogens is 274 g/mol. The number of rotatable bonds is 5. The van der Waals surface area contributed by atoms with E-state index in [1.54, 1.807) is 4.90 Å². The van der Waals surface area contributed by atoms with Crippen LogP contribution < -0.4 is 0 Å². The Labute approximate surface area is 126 Å². The molecule has 0 bridgehead atoms. The molecule has 0 aliphatic carbocycles. The molecule has 2 aliphatic rings. The van der Waals surface area contributed by atoms with Crippen molar-refractivity contribution in [1.29, 1.82) is 0 Å². The molecule has 1 N–H and O–H groups in total. The van der Waals surface area contributed by atoms with Gasteiger partial charge in [0.25, 0.3) is 0 Å². The van der Waals surface area contributed by atoms with Gasteiger partial charge in [-0.1, -0.05) is 0 Å². The van der Waals surface area contributed by atoms with Gasteiger partial charge in [-0.2, -0.15) is 0 Å². The highest BCUT2D eigenvalue weighted by Gasteiger charge is 2.24. The third-order valence-electron chi connectivity index (χ3n) is 3.94. The van der Waals surface area contributed by atoms with Crippen LogP contribution in [0.3, 0.4) is 0 Å². The predicted molar refractivity (Wildman–Crippen MR) is 78.3 cm³/mol. The molecule has 1 atom stereocenters. The topological polar surface area (TPSA) is 65.5 Å². The van der Waals surface area contributed by atoms with Gasteiger partial charge in [0.05, 0.1) is 25.9 Å². The van der Waals surface area contributed by atoms with Crippen LogP contribution in [-0.4, -0.2) is 104 Å². The molecule has 1 amide bonds. The van der Waals surface area contributed by atoms with Gasteiger partial charge in [-0.05, 0) is 6.92 Å². The third kappa shape index (κ3) is 5.43. The predicted octanol–water partition coefficient (Wildman–Crippen LogP) is -0.546. The van der Waals surface area contributed by atoms with E-state index in [1.807, 2.05) is 6.92 Å². The van der Waals surface area contributed by atoms with Crippen LogP contribution in [0.2, 0.25) is 0 Å². The number of nitrogens with zero attached hydrogens (tertiary/aromatic N) is 3. The molecule has 122 valence electrons. The summed E-state index contributed by atoms with van der Waals surface area (Å²) in [6.07, 6.45) is -0.580. The van der Waals surface area contributed by atoms with E-state index in [-0.39, 0.29) is 12.2 Å². The second-order valence-electron chi connectivity index (χ2n) is 5.55. The van der Waals surface area contributed by atoms with Crippen LogP contribution in [0.5, 0.6) is 0 Å². The molecule has 2 rings (SSSR count). The summed E-state index contributed by atoms with van der Waals surface area (Å²) in [5, 5.41) is 10.2. The number of hydrogen-bond acceptors (Lipinski definition) is 6. The van der Waals surface area contributed by atoms with Crippen molar-refractivity contribution in [2.75, 3.05) is 72.2 Å². The van der Waals surface area contributed by atoms with E-state index in [4.69, 9.17) is 9.47 Å². The first-order chi connectivity index (χ1) is 10.2. The van der Waals surface area contributed by atoms with Gasteiger partial charge in [0.1, 0.15) is 0 Å². The first-order valence-corrected chi connectivity index (χ1v) is 7.81. The number of morpholine rings is 1. The Bertz CT molecular complexity index is 315. The van der Waals surface area contributed by atoms with Crippen molar-refractivity contribution in [3.63, 3.8) is 0 Å². The molecule has 0 radical (unpaired) electrons. The van der Waals surface area contributed by atoms with Crippen LogP contribution >= 0.6 is 0 Å². The number of amides is 1. The van der Waals surface area contributed by atoms with Crippen molar-refractivity contribution >= 4 is 6.09 Å². The highest BCUT2D eigenvalue weighted by Crippen LogP contribution is 2.06. The lowest BCUT2D eigenvalue weighted by atomic mass is 10.2. The number of aliphatic hydroxyl groups excluding tert-OH is 1. The van der Waals surface area contributed by atoms with Gasteiger partial charge in [-0.15, -0.1) is 0 Å². The molecule has 2 fully saturated rings. The van der Waals surface area contributed by atoms with Crippen molar-refractivity contribution in [2.24, 2.45) is 0 Å². The summed E-state index contributed by atoms with van der Waals surface area (Å²) in [5.74, 6) is 0. The number of hydrogen-bond donors (Lipinski definition) is 1. The zero-order valence-corrected chi connectivity index (χ0v) is 12.9. The maximum atomic E-state index is 11.6. The van der Waals surface area contributed by atoms with Gasteiger partial charge in [-0.3, -0.25) is 9.80 Å². The van der Waals surface area contributed by atoms with Crippen molar-refractivity contribution in [1.82, 2.24) is 14.7 Å². The van der Waals surface area contributed by atoms with Crippen molar-refractivity contribution in [3.05, 3.63) is 0 Å². The monoisotopic (exact) mass is 301 g/mol. The summed E-state index contributed by atoms with van der Waals surface area (Å²) >= 11 is 0. The summed E-state index contributed by atoms with van der Waals surface area (Å²) in [7, 11) is 0. The highest BCUT2D eigenvalue weighted by molar-refractivity contribution is 5.67. The van der Waals surface area contributed by atoms with Crippen LogP contribution in [-0.2, 0) is 9.47 Å². The zero-order chi connectivity index (χ0) is 15.1. The third-order valence-corrected chi connectivity index (χ3v) is 3.94. The van der Waals surface area contributed by atoms with Crippen molar-refractivity contribution < 1.29 is 19.4 Å². The molecule has 2 heterocycles. The maximum absolute atomic E-state index is 11.6. The van der Waals surface area contributed by atoms with Gasteiger partial charge in [0.15, 0.2) is 0 Å². The Morgan fingerprint density at radius 2 is 1.67 bits per heavy atom. The van der Waals surface area contributed by atoms with Crippen LogP contribution in [0.15, 0.2) is 0 Å². The summed E-state index contributed by atoms with van der Waals surface area (Å²) < 4.78 is 10.3. The first kappa shape index (κ1) is 16.5. The molecule has 0 spiro atoms. The Morgan fingerprint density at radius 3 is 2.24 bits per heavy atom. The van der Waals surface area contributed by atoms with Gasteiger partial charge < -0.3 is 19.5 Å². The van der Waals surface area contributed by atoms with E-state index in [1.165, 1.54) is 0 Å². The Morgan fingerprint density at radius 1 is 1.10 bits per heavy atom. The Kier molecular flexibility index (Phi) is 6.69. The molecular formula is C14H27N3O4.